The van der Waals surface area contributed by atoms with Gasteiger partial charge in [0.05, 0.1) is 6.61 Å². The zero-order valence-electron chi connectivity index (χ0n) is 18.3. The van der Waals surface area contributed by atoms with E-state index < -0.39 is 28.3 Å². The molecule has 0 aromatic heterocycles. The summed E-state index contributed by atoms with van der Waals surface area (Å²) in [6, 6.07) is 25.8. The van der Waals surface area contributed by atoms with Crippen molar-refractivity contribution in [3.8, 4) is 0 Å². The minimum absolute atomic E-state index is 0.0870. The molecule has 2 atom stereocenters. The molecular weight excluding hydrogens is 500 g/mol. The SMILES string of the molecule is O=C(O)CCC(NC(=O)C(Br)(OCc1ccccc1)c1ccccc1)C(=O)Nc1ccccc1. The third kappa shape index (κ3) is 7.00. The van der Waals surface area contributed by atoms with E-state index in [-0.39, 0.29) is 19.4 Å². The number of halogens is 1. The average Bonchev–Trinajstić information content (AvgIpc) is 2.86. The maximum Gasteiger partial charge on any atom is 0.303 e. The van der Waals surface area contributed by atoms with Crippen LogP contribution in [0.5, 0.6) is 0 Å². The summed E-state index contributed by atoms with van der Waals surface area (Å²) in [5, 5.41) is 14.5. The van der Waals surface area contributed by atoms with E-state index in [4.69, 9.17) is 9.84 Å². The molecular formula is C26H25BrN2O5. The fraction of sp³-hybridized carbons (Fsp3) is 0.192. The smallest absolute Gasteiger partial charge is 0.303 e. The minimum Gasteiger partial charge on any atom is -0.481 e. The Kier molecular flexibility index (Phi) is 8.95. The number of carbonyl (C=O) groups is 3. The Bertz CT molecular complexity index is 1100. The Labute approximate surface area is 206 Å². The van der Waals surface area contributed by atoms with E-state index in [1.165, 1.54) is 0 Å². The molecule has 0 radical (unpaired) electrons. The molecule has 3 N–H and O–H groups in total. The van der Waals surface area contributed by atoms with Gasteiger partial charge in [0.2, 0.25) is 10.4 Å². The van der Waals surface area contributed by atoms with Gasteiger partial charge in [0.15, 0.2) is 0 Å². The first kappa shape index (κ1) is 25.1. The predicted octanol–water partition coefficient (Wildman–Crippen LogP) is 4.44. The van der Waals surface area contributed by atoms with Crippen LogP contribution in [0.2, 0.25) is 0 Å². The maximum atomic E-state index is 13.5. The van der Waals surface area contributed by atoms with Crippen LogP contribution >= 0.6 is 15.9 Å². The topological polar surface area (TPSA) is 105 Å². The van der Waals surface area contributed by atoms with E-state index >= 15 is 0 Å². The monoisotopic (exact) mass is 524 g/mol. The lowest BCUT2D eigenvalue weighted by atomic mass is 10.1. The van der Waals surface area contributed by atoms with E-state index in [1.54, 1.807) is 48.5 Å². The fourth-order valence-corrected chi connectivity index (χ4v) is 3.72. The number of carbonyl (C=O) groups excluding carboxylic acids is 2. The van der Waals surface area contributed by atoms with E-state index in [9.17, 15) is 14.4 Å². The van der Waals surface area contributed by atoms with Crippen LogP contribution in [0.25, 0.3) is 0 Å². The van der Waals surface area contributed by atoms with Crippen LogP contribution in [0.15, 0.2) is 91.0 Å². The number of alkyl halides is 1. The van der Waals surface area contributed by atoms with Gasteiger partial charge >= 0.3 is 5.97 Å². The van der Waals surface area contributed by atoms with Crippen LogP contribution in [0.4, 0.5) is 5.69 Å². The van der Waals surface area contributed by atoms with Crippen LogP contribution in [0.3, 0.4) is 0 Å². The molecule has 7 nitrogen and oxygen atoms in total. The number of aliphatic carboxylic acids is 1. The third-order valence-electron chi connectivity index (χ3n) is 5.03. The zero-order valence-corrected chi connectivity index (χ0v) is 19.9. The fourth-order valence-electron chi connectivity index (χ4n) is 3.23. The number of anilines is 1. The average molecular weight is 525 g/mol. The molecule has 3 aromatic carbocycles. The van der Waals surface area contributed by atoms with Crippen LogP contribution in [-0.2, 0) is 30.2 Å². The quantitative estimate of drug-likeness (QED) is 0.321. The first-order chi connectivity index (χ1) is 16.4. The summed E-state index contributed by atoms with van der Waals surface area (Å²) in [6.07, 6.45) is -0.380. The number of hydrogen-bond acceptors (Lipinski definition) is 4. The summed E-state index contributed by atoms with van der Waals surface area (Å²) in [7, 11) is 0. The van der Waals surface area contributed by atoms with Gasteiger partial charge in [-0.1, -0.05) is 78.9 Å². The van der Waals surface area contributed by atoms with Gasteiger partial charge < -0.3 is 20.5 Å². The second kappa shape index (κ2) is 12.1. The molecule has 34 heavy (non-hydrogen) atoms. The van der Waals surface area contributed by atoms with Crippen molar-refractivity contribution in [1.29, 1.82) is 0 Å². The summed E-state index contributed by atoms with van der Waals surface area (Å²) in [5.74, 6) is -2.21. The zero-order chi connectivity index (χ0) is 24.4. The summed E-state index contributed by atoms with van der Waals surface area (Å²) >= 11 is 3.46. The Morgan fingerprint density at radius 1 is 0.882 bits per heavy atom. The van der Waals surface area contributed by atoms with Gasteiger partial charge in [-0.25, -0.2) is 0 Å². The molecule has 0 heterocycles. The summed E-state index contributed by atoms with van der Waals surface area (Å²) in [6.45, 7) is 0.129. The molecule has 2 unspecified atom stereocenters. The third-order valence-corrected chi connectivity index (χ3v) is 6.07. The lowest BCUT2D eigenvalue weighted by Crippen LogP contribution is -2.50. The molecule has 0 saturated carbocycles. The van der Waals surface area contributed by atoms with Gasteiger partial charge in [-0.3, -0.25) is 14.4 Å². The molecule has 3 rings (SSSR count). The molecule has 2 amide bonds. The molecule has 0 spiro atoms. The molecule has 0 fully saturated rings. The number of ether oxygens (including phenoxy) is 1. The number of rotatable bonds is 11. The van der Waals surface area contributed by atoms with E-state index in [2.05, 4.69) is 26.6 Å². The largest absolute Gasteiger partial charge is 0.481 e. The lowest BCUT2D eigenvalue weighted by Gasteiger charge is -2.29. The molecule has 3 aromatic rings. The Morgan fingerprint density at radius 3 is 2.03 bits per heavy atom. The number of carboxylic acids is 1. The van der Waals surface area contributed by atoms with E-state index in [0.717, 1.165) is 5.56 Å². The standard InChI is InChI=1S/C26H25BrN2O5/c27-26(20-12-6-2-7-13-20,34-18-19-10-4-1-5-11-19)25(33)29-22(16-17-23(30)31)24(32)28-21-14-8-3-9-15-21/h1-15,22H,16-18H2,(H,28,32)(H,29,33)(H,30,31). The number of hydrogen-bond donors (Lipinski definition) is 3. The molecule has 0 bridgehead atoms. The molecule has 0 aliphatic heterocycles. The highest BCUT2D eigenvalue weighted by atomic mass is 79.9. The minimum atomic E-state index is -1.60. The van der Waals surface area contributed by atoms with E-state index in [1.807, 2.05) is 42.5 Å². The number of para-hydroxylation sites is 1. The van der Waals surface area contributed by atoms with Crippen molar-refractivity contribution in [2.45, 2.75) is 30.0 Å². The van der Waals surface area contributed by atoms with Crippen LogP contribution in [0.1, 0.15) is 24.0 Å². The van der Waals surface area contributed by atoms with Gasteiger partial charge in [0.1, 0.15) is 6.04 Å². The Balaban J connectivity index is 1.82. The summed E-state index contributed by atoms with van der Waals surface area (Å²) < 4.78 is 4.45. The van der Waals surface area contributed by atoms with Crippen molar-refractivity contribution in [3.63, 3.8) is 0 Å². The Morgan fingerprint density at radius 2 is 1.44 bits per heavy atom. The summed E-state index contributed by atoms with van der Waals surface area (Å²) in [4.78, 5) is 37.6. The van der Waals surface area contributed by atoms with Crippen molar-refractivity contribution in [2.75, 3.05) is 5.32 Å². The molecule has 0 aliphatic rings. The first-order valence-corrected chi connectivity index (χ1v) is 11.5. The van der Waals surface area contributed by atoms with E-state index in [0.29, 0.717) is 11.3 Å². The van der Waals surface area contributed by atoms with Gasteiger partial charge in [-0.05, 0) is 40.0 Å². The van der Waals surface area contributed by atoms with Gasteiger partial charge in [-0.15, -0.1) is 0 Å². The normalized spacial score (nSPS) is 13.3. The van der Waals surface area contributed by atoms with Crippen LogP contribution < -0.4 is 10.6 Å². The van der Waals surface area contributed by atoms with Crippen molar-refractivity contribution < 1.29 is 24.2 Å². The van der Waals surface area contributed by atoms with Crippen molar-refractivity contribution in [2.24, 2.45) is 0 Å². The molecule has 0 aliphatic carbocycles. The first-order valence-electron chi connectivity index (χ1n) is 10.7. The second-order valence-corrected chi connectivity index (χ2v) is 8.67. The predicted molar refractivity (Wildman–Crippen MR) is 132 cm³/mol. The Hall–Kier alpha value is -3.49. The van der Waals surface area contributed by atoms with Gasteiger partial charge in [-0.2, -0.15) is 0 Å². The summed E-state index contributed by atoms with van der Waals surface area (Å²) in [5.41, 5.74) is 1.93. The van der Waals surface area contributed by atoms with Gasteiger partial charge in [0.25, 0.3) is 5.91 Å². The number of amides is 2. The lowest BCUT2D eigenvalue weighted by molar-refractivity contribution is -0.141. The van der Waals surface area contributed by atoms with Crippen molar-refractivity contribution in [1.82, 2.24) is 5.32 Å². The highest BCUT2D eigenvalue weighted by Crippen LogP contribution is 2.34. The number of benzene rings is 3. The van der Waals surface area contributed by atoms with Crippen LogP contribution in [0, 0.1) is 0 Å². The molecule has 176 valence electrons. The highest BCUT2D eigenvalue weighted by molar-refractivity contribution is 9.10. The molecule has 8 heteroatoms. The van der Waals surface area contributed by atoms with Crippen LogP contribution in [-0.4, -0.2) is 28.9 Å². The number of carboxylic acid groups (broad SMARTS) is 1. The number of nitrogens with one attached hydrogen (secondary N) is 2. The maximum absolute atomic E-state index is 13.5. The highest BCUT2D eigenvalue weighted by Gasteiger charge is 2.40. The van der Waals surface area contributed by atoms with Crippen molar-refractivity contribution in [3.05, 3.63) is 102 Å². The molecule has 0 saturated heterocycles. The van der Waals surface area contributed by atoms with Crippen molar-refractivity contribution >= 4 is 39.4 Å². The van der Waals surface area contributed by atoms with Gasteiger partial charge in [0, 0.05) is 17.7 Å². The second-order valence-electron chi connectivity index (χ2n) is 7.55.